The Morgan fingerprint density at radius 2 is 1.94 bits per heavy atom. The minimum absolute atomic E-state index is 0.0186. The van der Waals surface area contributed by atoms with Gasteiger partial charge in [-0.1, -0.05) is 15.9 Å². The van der Waals surface area contributed by atoms with Gasteiger partial charge in [-0.05, 0) is 19.1 Å². The molecule has 0 aliphatic carbocycles. The molecule has 0 atom stereocenters. The maximum Gasteiger partial charge on any atom is 0.418 e. The minimum atomic E-state index is -4.64. The number of aldehydes is 1. The average Bonchev–Trinajstić information content (AvgIpc) is 2.14. The van der Waals surface area contributed by atoms with Crippen molar-refractivity contribution in [1.82, 2.24) is 0 Å². The summed E-state index contributed by atoms with van der Waals surface area (Å²) >= 11 is 2.71. The molecule has 6 heteroatoms. The van der Waals surface area contributed by atoms with E-state index in [2.05, 4.69) is 15.9 Å². The Balaban J connectivity index is 3.59. The summed E-state index contributed by atoms with van der Waals surface area (Å²) in [5, 5.41) is 0. The highest BCUT2D eigenvalue weighted by Crippen LogP contribution is 2.38. The van der Waals surface area contributed by atoms with Crippen LogP contribution < -0.4 is 0 Å². The molecule has 16 heavy (non-hydrogen) atoms. The highest BCUT2D eigenvalue weighted by molar-refractivity contribution is 9.10. The first kappa shape index (κ1) is 12.9. The van der Waals surface area contributed by atoms with Gasteiger partial charge in [-0.25, -0.2) is 0 Å². The summed E-state index contributed by atoms with van der Waals surface area (Å²) in [4.78, 5) is 21.6. The van der Waals surface area contributed by atoms with Gasteiger partial charge >= 0.3 is 6.18 Å². The predicted molar refractivity (Wildman–Crippen MR) is 54.5 cm³/mol. The van der Waals surface area contributed by atoms with E-state index in [-0.39, 0.29) is 10.0 Å². The van der Waals surface area contributed by atoms with Crippen LogP contribution >= 0.6 is 15.9 Å². The van der Waals surface area contributed by atoms with Crippen molar-refractivity contribution in [2.24, 2.45) is 0 Å². The lowest BCUT2D eigenvalue weighted by Crippen LogP contribution is -2.13. The van der Waals surface area contributed by atoms with E-state index >= 15 is 0 Å². The summed E-state index contributed by atoms with van der Waals surface area (Å²) < 4.78 is 37.6. The van der Waals surface area contributed by atoms with Gasteiger partial charge in [0, 0.05) is 15.6 Å². The number of hydrogen-bond donors (Lipinski definition) is 0. The molecule has 0 bridgehead atoms. The van der Waals surface area contributed by atoms with Crippen molar-refractivity contribution in [1.29, 1.82) is 0 Å². The van der Waals surface area contributed by atoms with E-state index in [9.17, 15) is 22.8 Å². The van der Waals surface area contributed by atoms with E-state index in [1.165, 1.54) is 0 Å². The normalized spacial score (nSPS) is 11.3. The van der Waals surface area contributed by atoms with Crippen molar-refractivity contribution < 1.29 is 22.8 Å². The van der Waals surface area contributed by atoms with Gasteiger partial charge < -0.3 is 0 Å². The van der Waals surface area contributed by atoms with Gasteiger partial charge in [0.1, 0.15) is 6.29 Å². The third kappa shape index (κ3) is 2.49. The number of halogens is 4. The van der Waals surface area contributed by atoms with Crippen molar-refractivity contribution in [3.05, 3.63) is 33.3 Å². The Morgan fingerprint density at radius 3 is 2.31 bits per heavy atom. The first-order valence-electron chi connectivity index (χ1n) is 4.14. The number of carbonyl (C=O) groups is 2. The average molecular weight is 295 g/mol. The van der Waals surface area contributed by atoms with E-state index in [1.807, 2.05) is 0 Å². The molecule has 0 amide bonds. The van der Waals surface area contributed by atoms with Gasteiger partial charge in [0.2, 0.25) is 0 Å². The Hall–Kier alpha value is -1.17. The molecule has 0 unspecified atom stereocenters. The molecule has 1 rings (SSSR count). The van der Waals surface area contributed by atoms with Crippen molar-refractivity contribution >= 4 is 28.0 Å². The van der Waals surface area contributed by atoms with Crippen LogP contribution in [0.25, 0.3) is 0 Å². The van der Waals surface area contributed by atoms with Crippen LogP contribution in [-0.2, 0) is 6.18 Å². The summed E-state index contributed by atoms with van der Waals surface area (Å²) in [7, 11) is 0. The lowest BCUT2D eigenvalue weighted by molar-refractivity contribution is -0.138. The first-order valence-corrected chi connectivity index (χ1v) is 4.93. The standard InChI is InChI=1S/C10H6BrF3O2/c1-5(16)7-2-6(4-15)3-8(11)9(7)10(12,13)14/h2-4H,1H3. The van der Waals surface area contributed by atoms with Crippen LogP contribution in [0.4, 0.5) is 13.2 Å². The number of Topliss-reactive ketones (excluding diaryl/α,β-unsaturated/α-hetero) is 1. The molecule has 0 fully saturated rings. The van der Waals surface area contributed by atoms with Crippen molar-refractivity contribution in [2.75, 3.05) is 0 Å². The van der Waals surface area contributed by atoms with Gasteiger partial charge in [0.15, 0.2) is 5.78 Å². The molecular formula is C10H6BrF3O2. The molecule has 0 spiro atoms. The van der Waals surface area contributed by atoms with Crippen LogP contribution in [0.3, 0.4) is 0 Å². The van der Waals surface area contributed by atoms with Crippen molar-refractivity contribution in [3.63, 3.8) is 0 Å². The van der Waals surface area contributed by atoms with Crippen LogP contribution in [0.1, 0.15) is 33.2 Å². The molecule has 0 aliphatic heterocycles. The fourth-order valence-electron chi connectivity index (χ4n) is 1.26. The summed E-state index contributed by atoms with van der Waals surface area (Å²) in [6, 6.07) is 1.96. The van der Waals surface area contributed by atoms with Crippen molar-refractivity contribution in [2.45, 2.75) is 13.1 Å². The predicted octanol–water partition coefficient (Wildman–Crippen LogP) is 3.48. The molecule has 0 saturated carbocycles. The molecule has 1 aromatic rings. The number of ketones is 1. The van der Waals surface area contributed by atoms with E-state index in [4.69, 9.17) is 0 Å². The highest BCUT2D eigenvalue weighted by atomic mass is 79.9. The van der Waals surface area contributed by atoms with E-state index in [1.54, 1.807) is 0 Å². The monoisotopic (exact) mass is 294 g/mol. The van der Waals surface area contributed by atoms with Gasteiger partial charge in [0.25, 0.3) is 0 Å². The molecule has 0 saturated heterocycles. The summed E-state index contributed by atoms with van der Waals surface area (Å²) in [5.74, 6) is -0.739. The van der Waals surface area contributed by atoms with Crippen LogP contribution in [-0.4, -0.2) is 12.1 Å². The SMILES string of the molecule is CC(=O)c1cc(C=O)cc(Br)c1C(F)(F)F. The molecule has 0 aromatic heterocycles. The topological polar surface area (TPSA) is 34.1 Å². The Labute approximate surface area is 97.6 Å². The molecule has 1 aromatic carbocycles. The molecule has 0 radical (unpaired) electrons. The summed E-state index contributed by atoms with van der Waals surface area (Å²) in [6.07, 6.45) is -4.25. The number of benzene rings is 1. The molecule has 86 valence electrons. The number of alkyl halides is 3. The maximum atomic E-state index is 12.6. The second-order valence-corrected chi connectivity index (χ2v) is 3.95. The fourth-order valence-corrected chi connectivity index (χ4v) is 1.96. The molecule has 2 nitrogen and oxygen atoms in total. The zero-order chi connectivity index (χ0) is 12.5. The third-order valence-corrected chi connectivity index (χ3v) is 2.54. The third-order valence-electron chi connectivity index (χ3n) is 1.91. The zero-order valence-corrected chi connectivity index (χ0v) is 9.65. The Kier molecular flexibility index (Phi) is 3.52. The van der Waals surface area contributed by atoms with Crippen LogP contribution in [0.5, 0.6) is 0 Å². The lowest BCUT2D eigenvalue weighted by Gasteiger charge is -2.13. The summed E-state index contributed by atoms with van der Waals surface area (Å²) in [5.41, 5.74) is -1.54. The summed E-state index contributed by atoms with van der Waals surface area (Å²) in [6.45, 7) is 1.02. The van der Waals surface area contributed by atoms with E-state index in [0.29, 0.717) is 6.29 Å². The number of rotatable bonds is 2. The Morgan fingerprint density at radius 1 is 1.38 bits per heavy atom. The van der Waals surface area contributed by atoms with Crippen LogP contribution in [0.15, 0.2) is 16.6 Å². The second kappa shape index (κ2) is 4.37. The fraction of sp³-hybridized carbons (Fsp3) is 0.200. The van der Waals surface area contributed by atoms with Crippen molar-refractivity contribution in [3.8, 4) is 0 Å². The highest BCUT2D eigenvalue weighted by Gasteiger charge is 2.37. The lowest BCUT2D eigenvalue weighted by atomic mass is 10.0. The molecule has 0 N–H and O–H groups in total. The first-order chi connectivity index (χ1) is 7.27. The molecule has 0 aliphatic rings. The van der Waals surface area contributed by atoms with Gasteiger partial charge in [-0.2, -0.15) is 13.2 Å². The second-order valence-electron chi connectivity index (χ2n) is 3.10. The quantitative estimate of drug-likeness (QED) is 0.618. The van der Waals surface area contributed by atoms with Gasteiger partial charge in [0.05, 0.1) is 5.56 Å². The largest absolute Gasteiger partial charge is 0.418 e. The van der Waals surface area contributed by atoms with Crippen LogP contribution in [0, 0.1) is 0 Å². The van der Waals surface area contributed by atoms with Gasteiger partial charge in [-0.15, -0.1) is 0 Å². The van der Waals surface area contributed by atoms with Gasteiger partial charge in [-0.3, -0.25) is 9.59 Å². The van der Waals surface area contributed by atoms with E-state index < -0.39 is 23.1 Å². The minimum Gasteiger partial charge on any atom is -0.298 e. The smallest absolute Gasteiger partial charge is 0.298 e. The Bertz CT molecular complexity index is 452. The number of hydrogen-bond acceptors (Lipinski definition) is 2. The molecular weight excluding hydrogens is 289 g/mol. The van der Waals surface area contributed by atoms with E-state index in [0.717, 1.165) is 19.1 Å². The number of carbonyl (C=O) groups excluding carboxylic acids is 2. The molecule has 0 heterocycles. The van der Waals surface area contributed by atoms with Crippen LogP contribution in [0.2, 0.25) is 0 Å². The zero-order valence-electron chi connectivity index (χ0n) is 8.06. The maximum absolute atomic E-state index is 12.6.